The second-order valence-electron chi connectivity index (χ2n) is 5.95. The minimum Gasteiger partial charge on any atom is -0.486 e. The van der Waals surface area contributed by atoms with Crippen molar-refractivity contribution in [3.05, 3.63) is 11.3 Å². The molecule has 0 radical (unpaired) electrons. The first-order chi connectivity index (χ1) is 9.83. The minimum absolute atomic E-state index is 0.331. The van der Waals surface area contributed by atoms with E-state index in [1.165, 1.54) is 45.2 Å². The number of likely N-dealkylation sites (tertiary alicyclic amines) is 1. The van der Waals surface area contributed by atoms with Gasteiger partial charge in [-0.15, -0.1) is 0 Å². The number of hydrogen-bond donors (Lipinski definition) is 0. The van der Waals surface area contributed by atoms with E-state index in [1.807, 2.05) is 4.68 Å². The van der Waals surface area contributed by atoms with Gasteiger partial charge in [-0.2, -0.15) is 5.10 Å². The van der Waals surface area contributed by atoms with Crippen molar-refractivity contribution in [3.8, 4) is 5.75 Å². The summed E-state index contributed by atoms with van der Waals surface area (Å²) in [6, 6.07) is 0. The summed E-state index contributed by atoms with van der Waals surface area (Å²) in [4.78, 5) is 2.47. The summed E-state index contributed by atoms with van der Waals surface area (Å²) in [5.74, 6) is 0.764. The molecule has 1 aliphatic carbocycles. The Bertz CT molecular complexity index is 423. The van der Waals surface area contributed by atoms with Crippen LogP contribution < -0.4 is 4.74 Å². The molecule has 0 atom stereocenters. The van der Waals surface area contributed by atoms with E-state index in [0.717, 1.165) is 31.7 Å². The molecule has 1 aliphatic heterocycles. The SMILES string of the molecule is Clc1c(OC2CCCCC2)cnn1CCN1CCCC1. The third-order valence-corrected chi connectivity index (χ3v) is 4.80. The van der Waals surface area contributed by atoms with Gasteiger partial charge in [-0.25, -0.2) is 4.68 Å². The summed E-state index contributed by atoms with van der Waals surface area (Å²) in [6.07, 6.45) is 10.9. The Hall–Kier alpha value is -0.740. The highest BCUT2D eigenvalue weighted by Crippen LogP contribution is 2.29. The lowest BCUT2D eigenvalue weighted by Crippen LogP contribution is -2.24. The molecule has 1 aromatic rings. The first-order valence-corrected chi connectivity index (χ1v) is 8.31. The molecule has 1 saturated carbocycles. The Morgan fingerprint density at radius 3 is 2.60 bits per heavy atom. The minimum atomic E-state index is 0.331. The van der Waals surface area contributed by atoms with Crippen LogP contribution >= 0.6 is 11.6 Å². The molecule has 1 aromatic heterocycles. The van der Waals surface area contributed by atoms with E-state index in [0.29, 0.717) is 11.3 Å². The van der Waals surface area contributed by atoms with E-state index in [-0.39, 0.29) is 0 Å². The van der Waals surface area contributed by atoms with Gasteiger partial charge in [0.05, 0.1) is 18.8 Å². The van der Waals surface area contributed by atoms with Crippen molar-refractivity contribution in [1.82, 2.24) is 14.7 Å². The molecule has 5 heteroatoms. The molecular weight excluding hydrogens is 274 g/mol. The van der Waals surface area contributed by atoms with Crippen molar-refractivity contribution < 1.29 is 4.74 Å². The zero-order valence-electron chi connectivity index (χ0n) is 12.1. The maximum Gasteiger partial charge on any atom is 0.176 e. The lowest BCUT2D eigenvalue weighted by molar-refractivity contribution is 0.155. The van der Waals surface area contributed by atoms with Crippen LogP contribution in [0.2, 0.25) is 5.15 Å². The van der Waals surface area contributed by atoms with E-state index in [9.17, 15) is 0 Å². The number of rotatable bonds is 5. The Kier molecular flexibility index (Phi) is 4.84. The molecule has 1 saturated heterocycles. The maximum absolute atomic E-state index is 6.39. The highest BCUT2D eigenvalue weighted by Gasteiger charge is 2.19. The summed E-state index contributed by atoms with van der Waals surface area (Å²) in [7, 11) is 0. The Balaban J connectivity index is 1.53. The van der Waals surface area contributed by atoms with Crippen LogP contribution in [-0.4, -0.2) is 40.4 Å². The van der Waals surface area contributed by atoms with Gasteiger partial charge in [0.2, 0.25) is 0 Å². The molecule has 0 N–H and O–H groups in total. The Labute approximate surface area is 126 Å². The number of halogens is 1. The summed E-state index contributed by atoms with van der Waals surface area (Å²) < 4.78 is 7.88. The molecule has 4 nitrogen and oxygen atoms in total. The smallest absolute Gasteiger partial charge is 0.176 e. The molecule has 2 heterocycles. The maximum atomic E-state index is 6.39. The first kappa shape index (κ1) is 14.2. The van der Waals surface area contributed by atoms with Crippen LogP contribution in [0.1, 0.15) is 44.9 Å². The fourth-order valence-corrected chi connectivity index (χ4v) is 3.41. The Morgan fingerprint density at radius 2 is 1.85 bits per heavy atom. The van der Waals surface area contributed by atoms with Gasteiger partial charge in [0.1, 0.15) is 0 Å². The van der Waals surface area contributed by atoms with Crippen LogP contribution in [0.5, 0.6) is 5.75 Å². The largest absolute Gasteiger partial charge is 0.486 e. The summed E-state index contributed by atoms with van der Waals surface area (Å²) >= 11 is 6.39. The molecule has 20 heavy (non-hydrogen) atoms. The Morgan fingerprint density at radius 1 is 1.10 bits per heavy atom. The normalized spacial score (nSPS) is 21.4. The summed E-state index contributed by atoms with van der Waals surface area (Å²) in [5, 5.41) is 5.04. The molecule has 0 amide bonds. The highest BCUT2D eigenvalue weighted by atomic mass is 35.5. The zero-order chi connectivity index (χ0) is 13.8. The van der Waals surface area contributed by atoms with Gasteiger partial charge in [-0.05, 0) is 51.6 Å². The molecule has 2 aliphatic rings. The van der Waals surface area contributed by atoms with E-state index in [2.05, 4.69) is 10.00 Å². The van der Waals surface area contributed by atoms with Gasteiger partial charge in [-0.1, -0.05) is 18.0 Å². The standard InChI is InChI=1S/C15H24ClN3O/c16-15-14(20-13-6-2-1-3-7-13)12-17-19(15)11-10-18-8-4-5-9-18/h12-13H,1-11H2. The number of ether oxygens (including phenoxy) is 1. The predicted molar refractivity (Wildman–Crippen MR) is 80.4 cm³/mol. The number of hydrogen-bond acceptors (Lipinski definition) is 3. The second kappa shape index (κ2) is 6.81. The fraction of sp³-hybridized carbons (Fsp3) is 0.800. The van der Waals surface area contributed by atoms with E-state index < -0.39 is 0 Å². The topological polar surface area (TPSA) is 30.3 Å². The fourth-order valence-electron chi connectivity index (χ4n) is 3.19. The van der Waals surface area contributed by atoms with Crippen molar-refractivity contribution in [3.63, 3.8) is 0 Å². The van der Waals surface area contributed by atoms with Gasteiger partial charge in [0.15, 0.2) is 10.9 Å². The van der Waals surface area contributed by atoms with Gasteiger partial charge in [0, 0.05) is 6.54 Å². The predicted octanol–water partition coefficient (Wildman–Crippen LogP) is 3.34. The van der Waals surface area contributed by atoms with Crippen molar-refractivity contribution >= 4 is 11.6 Å². The lowest BCUT2D eigenvalue weighted by atomic mass is 9.98. The van der Waals surface area contributed by atoms with Crippen molar-refractivity contribution in [2.24, 2.45) is 0 Å². The van der Waals surface area contributed by atoms with Gasteiger partial charge < -0.3 is 9.64 Å². The molecule has 0 spiro atoms. The van der Waals surface area contributed by atoms with Crippen LogP contribution in [0.3, 0.4) is 0 Å². The van der Waals surface area contributed by atoms with Crippen LogP contribution in [0, 0.1) is 0 Å². The number of nitrogens with zero attached hydrogens (tertiary/aromatic N) is 3. The van der Waals surface area contributed by atoms with Crippen molar-refractivity contribution in [2.45, 2.75) is 57.6 Å². The van der Waals surface area contributed by atoms with Gasteiger partial charge in [-0.3, -0.25) is 0 Å². The highest BCUT2D eigenvalue weighted by molar-refractivity contribution is 6.31. The third kappa shape index (κ3) is 3.47. The average molecular weight is 298 g/mol. The quantitative estimate of drug-likeness (QED) is 0.835. The monoisotopic (exact) mass is 297 g/mol. The molecule has 0 bridgehead atoms. The van der Waals surface area contributed by atoms with E-state index in [4.69, 9.17) is 16.3 Å². The van der Waals surface area contributed by atoms with E-state index >= 15 is 0 Å². The zero-order valence-corrected chi connectivity index (χ0v) is 12.8. The van der Waals surface area contributed by atoms with Crippen LogP contribution in [0.15, 0.2) is 6.20 Å². The molecule has 112 valence electrons. The molecule has 0 aromatic carbocycles. The van der Waals surface area contributed by atoms with Gasteiger partial charge in [0.25, 0.3) is 0 Å². The number of aromatic nitrogens is 2. The third-order valence-electron chi connectivity index (χ3n) is 4.42. The summed E-state index contributed by atoms with van der Waals surface area (Å²) in [5.41, 5.74) is 0. The van der Waals surface area contributed by atoms with Crippen LogP contribution in [0.4, 0.5) is 0 Å². The van der Waals surface area contributed by atoms with Gasteiger partial charge >= 0.3 is 0 Å². The van der Waals surface area contributed by atoms with Crippen molar-refractivity contribution in [2.75, 3.05) is 19.6 Å². The molecule has 3 rings (SSSR count). The first-order valence-electron chi connectivity index (χ1n) is 7.93. The summed E-state index contributed by atoms with van der Waals surface area (Å²) in [6.45, 7) is 4.31. The average Bonchev–Trinajstić information content (AvgIpc) is 3.10. The van der Waals surface area contributed by atoms with Crippen molar-refractivity contribution in [1.29, 1.82) is 0 Å². The van der Waals surface area contributed by atoms with Crippen LogP contribution in [0.25, 0.3) is 0 Å². The van der Waals surface area contributed by atoms with Crippen LogP contribution in [-0.2, 0) is 6.54 Å². The molecular formula is C15H24ClN3O. The molecule has 0 unspecified atom stereocenters. The van der Waals surface area contributed by atoms with E-state index in [1.54, 1.807) is 6.20 Å². The second-order valence-corrected chi connectivity index (χ2v) is 6.31. The molecule has 2 fully saturated rings. The lowest BCUT2D eigenvalue weighted by Gasteiger charge is -2.22.